The minimum absolute atomic E-state index is 0.0327. The lowest BCUT2D eigenvalue weighted by Gasteiger charge is -2.34. The first-order chi connectivity index (χ1) is 29.6. The van der Waals surface area contributed by atoms with E-state index in [2.05, 4.69) is 86.8 Å². The lowest BCUT2D eigenvalue weighted by atomic mass is 10.0. The van der Waals surface area contributed by atoms with Gasteiger partial charge in [-0.3, -0.25) is 9.59 Å². The number of carboxylic acids is 1. The predicted molar refractivity (Wildman–Crippen MR) is 254 cm³/mol. The Morgan fingerprint density at radius 1 is 0.492 bits per heavy atom. The highest BCUT2D eigenvalue weighted by Crippen LogP contribution is 2.15. The summed E-state index contributed by atoms with van der Waals surface area (Å²) in [7, 11) is 5.40. The summed E-state index contributed by atoms with van der Waals surface area (Å²) in [6.45, 7) is 4.43. The number of carbonyl (C=O) groups is 3. The van der Waals surface area contributed by atoms with Crippen molar-refractivity contribution >= 4 is 17.9 Å². The zero-order chi connectivity index (χ0) is 44.9. The average molecular weight is 854 g/mol. The van der Waals surface area contributed by atoms with Crippen molar-refractivity contribution in [3.05, 3.63) is 72.9 Å². The maximum atomic E-state index is 12.8. The molecule has 0 N–H and O–H groups in total. The third-order valence-corrected chi connectivity index (χ3v) is 10.6. The smallest absolute Gasteiger partial charge is 0.306 e. The summed E-state index contributed by atoms with van der Waals surface area (Å²) < 4.78 is 17.2. The summed E-state index contributed by atoms with van der Waals surface area (Å²) in [5, 5.41) is 11.7. The lowest BCUT2D eigenvalue weighted by Crippen LogP contribution is -2.55. The van der Waals surface area contributed by atoms with Crippen LogP contribution in [-0.2, 0) is 28.6 Å². The molecule has 0 aliphatic rings. The molecule has 0 amide bonds. The van der Waals surface area contributed by atoms with Crippen molar-refractivity contribution in [1.82, 2.24) is 0 Å². The largest absolute Gasteiger partial charge is 0.544 e. The van der Waals surface area contributed by atoms with E-state index in [4.69, 9.17) is 14.2 Å². The number of esters is 2. The first-order valence-corrected chi connectivity index (χ1v) is 24.5. The SMILES string of the molecule is CC/C=C/C/C=C/C/C=C/CCCCCCCCCCCCCC(=O)OC(COCCC(C(=O)[O-])[N+](C)(C)C)COC(=O)CCCCCCCC/C=C/C/C=C/C/C=C/CC. The number of allylic oxidation sites excluding steroid dienone is 12. The van der Waals surface area contributed by atoms with Gasteiger partial charge in [-0.1, -0.05) is 170 Å². The zero-order valence-corrected chi connectivity index (χ0v) is 39.8. The fraction of sp³-hybridized carbons (Fsp3) is 0.717. The molecule has 0 spiro atoms. The Bertz CT molecular complexity index is 1230. The molecule has 0 saturated carbocycles. The van der Waals surface area contributed by atoms with Gasteiger partial charge in [0.05, 0.1) is 40.3 Å². The molecule has 8 nitrogen and oxygen atoms in total. The van der Waals surface area contributed by atoms with E-state index in [-0.39, 0.29) is 42.7 Å². The van der Waals surface area contributed by atoms with Gasteiger partial charge in [0.1, 0.15) is 12.6 Å². The van der Waals surface area contributed by atoms with Crippen LogP contribution in [0, 0.1) is 0 Å². The van der Waals surface area contributed by atoms with Crippen LogP contribution < -0.4 is 5.11 Å². The van der Waals surface area contributed by atoms with E-state index in [1.165, 1.54) is 70.6 Å². The number of carboxylic acid groups (broad SMARTS) is 1. The number of unbranched alkanes of at least 4 members (excludes halogenated alkanes) is 17. The second kappa shape index (κ2) is 43.4. The van der Waals surface area contributed by atoms with Gasteiger partial charge in [-0.15, -0.1) is 0 Å². The Balaban J connectivity index is 4.28. The highest BCUT2D eigenvalue weighted by Gasteiger charge is 2.25. The monoisotopic (exact) mass is 854 g/mol. The molecule has 61 heavy (non-hydrogen) atoms. The number of aliphatic carboxylic acids is 1. The van der Waals surface area contributed by atoms with Gasteiger partial charge in [-0.2, -0.15) is 0 Å². The summed E-state index contributed by atoms with van der Waals surface area (Å²) in [6.07, 6.45) is 55.0. The Hall–Kier alpha value is -3.23. The number of nitrogens with zero attached hydrogens (tertiary/aromatic N) is 1. The predicted octanol–water partition coefficient (Wildman–Crippen LogP) is 12.6. The third kappa shape index (κ3) is 41.9. The Kier molecular flexibility index (Phi) is 41.1. The molecule has 0 aromatic heterocycles. The molecule has 0 heterocycles. The molecule has 0 fully saturated rings. The molecule has 2 unspecified atom stereocenters. The van der Waals surface area contributed by atoms with Crippen LogP contribution in [0.2, 0.25) is 0 Å². The topological polar surface area (TPSA) is 102 Å². The van der Waals surface area contributed by atoms with Crippen LogP contribution in [0.25, 0.3) is 0 Å². The van der Waals surface area contributed by atoms with Crippen LogP contribution in [0.4, 0.5) is 0 Å². The molecular weight excluding hydrogens is 763 g/mol. The molecule has 0 aromatic rings. The molecular formula is C53H91NO7. The highest BCUT2D eigenvalue weighted by atomic mass is 16.6. The van der Waals surface area contributed by atoms with Crippen LogP contribution in [-0.4, -0.2) is 75.5 Å². The summed E-state index contributed by atoms with van der Waals surface area (Å²) in [5.41, 5.74) is 0. The van der Waals surface area contributed by atoms with Crippen LogP contribution in [0.1, 0.15) is 194 Å². The minimum atomic E-state index is -1.13. The first kappa shape index (κ1) is 57.8. The maximum absolute atomic E-state index is 12.8. The third-order valence-electron chi connectivity index (χ3n) is 10.6. The van der Waals surface area contributed by atoms with Crippen molar-refractivity contribution < 1.29 is 38.2 Å². The number of ether oxygens (including phenoxy) is 3. The van der Waals surface area contributed by atoms with Crippen LogP contribution in [0.5, 0.6) is 0 Å². The number of carbonyl (C=O) groups excluding carboxylic acids is 3. The van der Waals surface area contributed by atoms with E-state index in [0.29, 0.717) is 12.8 Å². The summed E-state index contributed by atoms with van der Waals surface area (Å²) in [4.78, 5) is 37.0. The second-order valence-corrected chi connectivity index (χ2v) is 17.3. The first-order valence-electron chi connectivity index (χ1n) is 24.5. The van der Waals surface area contributed by atoms with E-state index in [1.54, 1.807) is 21.1 Å². The van der Waals surface area contributed by atoms with E-state index in [0.717, 1.165) is 89.9 Å². The second-order valence-electron chi connectivity index (χ2n) is 17.3. The lowest BCUT2D eigenvalue weighted by molar-refractivity contribution is -0.889. The van der Waals surface area contributed by atoms with E-state index in [9.17, 15) is 19.5 Å². The summed E-state index contributed by atoms with van der Waals surface area (Å²) in [6, 6.07) is -0.731. The van der Waals surface area contributed by atoms with Gasteiger partial charge < -0.3 is 28.6 Å². The van der Waals surface area contributed by atoms with Gasteiger partial charge in [0.2, 0.25) is 0 Å². The molecule has 0 aliphatic heterocycles. The summed E-state index contributed by atoms with van der Waals surface area (Å²) in [5.74, 6) is -1.76. The molecule has 0 aliphatic carbocycles. The van der Waals surface area contributed by atoms with E-state index >= 15 is 0 Å². The summed E-state index contributed by atoms with van der Waals surface area (Å²) >= 11 is 0. The van der Waals surface area contributed by atoms with Crippen molar-refractivity contribution in [3.63, 3.8) is 0 Å². The standard InChI is InChI=1S/C53H91NO7/c1-6-8-10-12-14-16-18-20-22-24-25-26-27-28-30-32-34-36-38-40-42-44-52(56)61-49(47-59-46-45-50(53(57)58)54(3,4)5)48-60-51(55)43-41-39-37-35-33-31-29-23-21-19-17-15-13-11-9-7-2/h8-11,14-17,20-23,49-50H,6-7,12-13,18-19,24-48H2,1-5H3/b10-8+,11-9+,16-14+,17-15+,22-20+,23-21+. The fourth-order valence-electron chi connectivity index (χ4n) is 6.86. The minimum Gasteiger partial charge on any atom is -0.544 e. The van der Waals surface area contributed by atoms with Crippen molar-refractivity contribution in [2.24, 2.45) is 0 Å². The zero-order valence-electron chi connectivity index (χ0n) is 39.8. The average Bonchev–Trinajstić information content (AvgIpc) is 3.22. The maximum Gasteiger partial charge on any atom is 0.306 e. The van der Waals surface area contributed by atoms with Gasteiger partial charge in [-0.25, -0.2) is 0 Å². The molecule has 0 rings (SSSR count). The van der Waals surface area contributed by atoms with Gasteiger partial charge in [0, 0.05) is 19.3 Å². The van der Waals surface area contributed by atoms with Crippen molar-refractivity contribution in [2.75, 3.05) is 41.0 Å². The molecule has 350 valence electrons. The van der Waals surface area contributed by atoms with Gasteiger partial charge >= 0.3 is 11.9 Å². The Morgan fingerprint density at radius 3 is 1.28 bits per heavy atom. The molecule has 0 aromatic carbocycles. The van der Waals surface area contributed by atoms with Crippen molar-refractivity contribution in [3.8, 4) is 0 Å². The number of hydrogen-bond donors (Lipinski definition) is 0. The van der Waals surface area contributed by atoms with Crippen LogP contribution in [0.3, 0.4) is 0 Å². The Labute approximate surface area is 374 Å². The quantitative estimate of drug-likeness (QED) is 0.0260. The molecule has 0 saturated heterocycles. The van der Waals surface area contributed by atoms with Gasteiger partial charge in [0.25, 0.3) is 0 Å². The Morgan fingerprint density at radius 2 is 0.869 bits per heavy atom. The van der Waals surface area contributed by atoms with Crippen molar-refractivity contribution in [1.29, 1.82) is 0 Å². The number of quaternary nitrogens is 1. The molecule has 0 bridgehead atoms. The van der Waals surface area contributed by atoms with Crippen LogP contribution in [0.15, 0.2) is 72.9 Å². The number of rotatable bonds is 43. The van der Waals surface area contributed by atoms with Crippen LogP contribution >= 0.6 is 0 Å². The molecule has 0 radical (unpaired) electrons. The normalized spacial score (nSPS) is 13.5. The fourth-order valence-corrected chi connectivity index (χ4v) is 6.86. The van der Waals surface area contributed by atoms with Crippen molar-refractivity contribution in [2.45, 2.75) is 206 Å². The number of hydrogen-bond acceptors (Lipinski definition) is 7. The van der Waals surface area contributed by atoms with E-state index in [1.807, 2.05) is 0 Å². The highest BCUT2D eigenvalue weighted by molar-refractivity contribution is 5.70. The molecule has 8 heteroatoms. The number of likely N-dealkylation sites (N-methyl/N-ethyl adjacent to an activating group) is 1. The van der Waals surface area contributed by atoms with Gasteiger partial charge in [0.15, 0.2) is 6.10 Å². The van der Waals surface area contributed by atoms with Gasteiger partial charge in [-0.05, 0) is 77.0 Å². The molecule has 2 atom stereocenters. The van der Waals surface area contributed by atoms with E-state index < -0.39 is 18.1 Å².